The molecule has 0 spiro atoms. The molecule has 1 aliphatic heterocycles. The fourth-order valence-electron chi connectivity index (χ4n) is 2.65. The molecule has 0 aliphatic carbocycles. The number of morpholine rings is 1. The van der Waals surface area contributed by atoms with Crippen LogP contribution >= 0.6 is 0 Å². The van der Waals surface area contributed by atoms with Crippen LogP contribution in [0.2, 0.25) is 0 Å². The summed E-state index contributed by atoms with van der Waals surface area (Å²) in [6, 6.07) is 9.30. The van der Waals surface area contributed by atoms with Crippen molar-refractivity contribution in [3.05, 3.63) is 41.6 Å². The second kappa shape index (κ2) is 6.34. The molecule has 0 bridgehead atoms. The van der Waals surface area contributed by atoms with Crippen molar-refractivity contribution in [2.45, 2.75) is 13.0 Å². The van der Waals surface area contributed by atoms with Crippen molar-refractivity contribution in [1.29, 1.82) is 0 Å². The van der Waals surface area contributed by atoms with Crippen molar-refractivity contribution in [2.24, 2.45) is 0 Å². The van der Waals surface area contributed by atoms with E-state index in [0.29, 0.717) is 18.7 Å². The Kier molecular flexibility index (Phi) is 4.25. The van der Waals surface area contributed by atoms with Gasteiger partial charge in [-0.15, -0.1) is 0 Å². The first-order chi connectivity index (χ1) is 11.1. The summed E-state index contributed by atoms with van der Waals surface area (Å²) in [5, 5.41) is 0.916. The molecule has 1 aromatic carbocycles. The number of carbonyl (C=O) groups is 2. The molecule has 23 heavy (non-hydrogen) atoms. The predicted octanol–water partition coefficient (Wildman–Crippen LogP) is 1.56. The minimum Gasteiger partial charge on any atom is -0.467 e. The average Bonchev–Trinajstić information content (AvgIpc) is 2.60. The van der Waals surface area contributed by atoms with E-state index in [4.69, 9.17) is 4.74 Å². The predicted molar refractivity (Wildman–Crippen MR) is 84.1 cm³/mol. The summed E-state index contributed by atoms with van der Waals surface area (Å²) < 4.78 is 10.0. The lowest BCUT2D eigenvalue weighted by Gasteiger charge is -2.31. The Hall–Kier alpha value is -2.47. The molecule has 3 rings (SSSR count). The summed E-state index contributed by atoms with van der Waals surface area (Å²) in [4.78, 5) is 30.3. The molecule has 1 aliphatic rings. The van der Waals surface area contributed by atoms with Gasteiger partial charge in [-0.25, -0.2) is 4.79 Å². The molecular formula is C17H18N2O4. The van der Waals surface area contributed by atoms with Gasteiger partial charge in [0.2, 0.25) is 0 Å². The molecule has 1 saturated heterocycles. The van der Waals surface area contributed by atoms with Gasteiger partial charge in [0.05, 0.1) is 25.8 Å². The van der Waals surface area contributed by atoms with Gasteiger partial charge < -0.3 is 14.4 Å². The van der Waals surface area contributed by atoms with Gasteiger partial charge in [0.15, 0.2) is 6.10 Å². The van der Waals surface area contributed by atoms with E-state index in [2.05, 4.69) is 9.72 Å². The molecule has 1 atom stereocenters. The van der Waals surface area contributed by atoms with Crippen LogP contribution in [0.5, 0.6) is 0 Å². The van der Waals surface area contributed by atoms with Crippen LogP contribution < -0.4 is 0 Å². The zero-order valence-corrected chi connectivity index (χ0v) is 13.1. The van der Waals surface area contributed by atoms with Crippen molar-refractivity contribution < 1.29 is 19.1 Å². The number of amides is 1. The third-order valence-electron chi connectivity index (χ3n) is 3.89. The molecule has 1 amide bonds. The Balaban J connectivity index is 1.82. The number of carbonyl (C=O) groups excluding carboxylic acids is 2. The quantitative estimate of drug-likeness (QED) is 0.787. The standard InChI is InChI=1S/C17H18N2O4/c1-11-3-4-12-9-13(5-6-14(12)18-11)16(20)19-7-8-23-15(10-19)17(21)22-2/h3-6,9,15H,7-8,10H2,1-2H3/t15-/m1/s1. The fraction of sp³-hybridized carbons (Fsp3) is 0.353. The fourth-order valence-corrected chi connectivity index (χ4v) is 2.65. The molecule has 120 valence electrons. The second-order valence-electron chi connectivity index (χ2n) is 5.49. The maximum absolute atomic E-state index is 12.7. The summed E-state index contributed by atoms with van der Waals surface area (Å²) >= 11 is 0. The number of methoxy groups -OCH3 is 1. The Morgan fingerprint density at radius 1 is 1.30 bits per heavy atom. The first-order valence-corrected chi connectivity index (χ1v) is 7.44. The maximum atomic E-state index is 12.7. The van der Waals surface area contributed by atoms with Crippen LogP contribution in [-0.4, -0.2) is 54.7 Å². The topological polar surface area (TPSA) is 68.7 Å². The van der Waals surface area contributed by atoms with Crippen LogP contribution in [-0.2, 0) is 14.3 Å². The van der Waals surface area contributed by atoms with E-state index in [-0.39, 0.29) is 12.5 Å². The number of nitrogens with zero attached hydrogens (tertiary/aromatic N) is 2. The highest BCUT2D eigenvalue weighted by Gasteiger charge is 2.30. The molecule has 6 nitrogen and oxygen atoms in total. The number of rotatable bonds is 2. The van der Waals surface area contributed by atoms with Crippen LogP contribution in [0, 0.1) is 6.92 Å². The van der Waals surface area contributed by atoms with Crippen LogP contribution in [0.4, 0.5) is 0 Å². The Morgan fingerprint density at radius 3 is 2.91 bits per heavy atom. The van der Waals surface area contributed by atoms with Gasteiger partial charge in [-0.05, 0) is 31.2 Å². The summed E-state index contributed by atoms with van der Waals surface area (Å²) in [7, 11) is 1.31. The lowest BCUT2D eigenvalue weighted by Crippen LogP contribution is -2.48. The van der Waals surface area contributed by atoms with Crippen molar-refractivity contribution in [2.75, 3.05) is 26.8 Å². The van der Waals surface area contributed by atoms with Crippen molar-refractivity contribution in [3.63, 3.8) is 0 Å². The second-order valence-corrected chi connectivity index (χ2v) is 5.49. The number of hydrogen-bond donors (Lipinski definition) is 0. The Bertz CT molecular complexity index is 759. The van der Waals surface area contributed by atoms with E-state index in [1.54, 1.807) is 11.0 Å². The van der Waals surface area contributed by atoms with Crippen molar-refractivity contribution >= 4 is 22.8 Å². The number of esters is 1. The highest BCUT2D eigenvalue weighted by atomic mass is 16.6. The lowest BCUT2D eigenvalue weighted by atomic mass is 10.1. The Morgan fingerprint density at radius 2 is 2.13 bits per heavy atom. The van der Waals surface area contributed by atoms with Gasteiger partial charge in [-0.1, -0.05) is 6.07 Å². The zero-order valence-electron chi connectivity index (χ0n) is 13.1. The van der Waals surface area contributed by atoms with Crippen LogP contribution in [0.3, 0.4) is 0 Å². The summed E-state index contributed by atoms with van der Waals surface area (Å²) in [6.07, 6.45) is -0.720. The van der Waals surface area contributed by atoms with E-state index in [0.717, 1.165) is 16.6 Å². The summed E-state index contributed by atoms with van der Waals surface area (Å²) in [5.74, 6) is -0.578. The van der Waals surface area contributed by atoms with E-state index in [9.17, 15) is 9.59 Å². The smallest absolute Gasteiger partial charge is 0.336 e. The van der Waals surface area contributed by atoms with Crippen LogP contribution in [0.1, 0.15) is 16.1 Å². The number of hydrogen-bond acceptors (Lipinski definition) is 5. The zero-order chi connectivity index (χ0) is 16.4. The Labute approximate surface area is 134 Å². The van der Waals surface area contributed by atoms with Crippen LogP contribution in [0.25, 0.3) is 10.9 Å². The first-order valence-electron chi connectivity index (χ1n) is 7.44. The number of aryl methyl sites for hydroxylation is 1. The summed E-state index contributed by atoms with van der Waals surface area (Å²) in [5.41, 5.74) is 2.37. The van der Waals surface area contributed by atoms with Gasteiger partial charge in [0.1, 0.15) is 0 Å². The van der Waals surface area contributed by atoms with Gasteiger partial charge in [0.25, 0.3) is 5.91 Å². The van der Waals surface area contributed by atoms with Crippen molar-refractivity contribution in [3.8, 4) is 0 Å². The molecular weight excluding hydrogens is 296 g/mol. The number of benzene rings is 1. The molecule has 0 unspecified atom stereocenters. The minimum atomic E-state index is -0.720. The number of aromatic nitrogens is 1. The van der Waals surface area contributed by atoms with Gasteiger partial charge >= 0.3 is 5.97 Å². The highest BCUT2D eigenvalue weighted by Crippen LogP contribution is 2.17. The number of fused-ring (bicyclic) bond motifs is 1. The van der Waals surface area contributed by atoms with E-state index < -0.39 is 12.1 Å². The van der Waals surface area contributed by atoms with Crippen LogP contribution in [0.15, 0.2) is 30.3 Å². The van der Waals surface area contributed by atoms with E-state index in [1.807, 2.05) is 31.2 Å². The number of ether oxygens (including phenoxy) is 2. The molecule has 1 fully saturated rings. The minimum absolute atomic E-state index is 0.121. The highest BCUT2D eigenvalue weighted by molar-refractivity contribution is 5.98. The number of pyridine rings is 1. The molecule has 6 heteroatoms. The molecule has 0 saturated carbocycles. The molecule has 0 N–H and O–H groups in total. The SMILES string of the molecule is COC(=O)[C@H]1CN(C(=O)c2ccc3nc(C)ccc3c2)CCO1. The largest absolute Gasteiger partial charge is 0.467 e. The normalized spacial score (nSPS) is 18.0. The van der Waals surface area contributed by atoms with E-state index >= 15 is 0 Å². The average molecular weight is 314 g/mol. The van der Waals surface area contributed by atoms with E-state index in [1.165, 1.54) is 7.11 Å². The van der Waals surface area contributed by atoms with Gasteiger partial charge in [-0.3, -0.25) is 9.78 Å². The first kappa shape index (κ1) is 15.4. The third-order valence-corrected chi connectivity index (χ3v) is 3.89. The van der Waals surface area contributed by atoms with Gasteiger partial charge in [0, 0.05) is 23.2 Å². The monoisotopic (exact) mass is 314 g/mol. The molecule has 1 aromatic heterocycles. The third kappa shape index (κ3) is 3.17. The van der Waals surface area contributed by atoms with Gasteiger partial charge in [-0.2, -0.15) is 0 Å². The molecule has 0 radical (unpaired) electrons. The molecule has 2 aromatic rings. The summed E-state index contributed by atoms with van der Waals surface area (Å²) in [6.45, 7) is 2.91. The maximum Gasteiger partial charge on any atom is 0.336 e. The molecule has 2 heterocycles. The van der Waals surface area contributed by atoms with Crippen molar-refractivity contribution in [1.82, 2.24) is 9.88 Å². The lowest BCUT2D eigenvalue weighted by molar-refractivity contribution is -0.158.